The Morgan fingerprint density at radius 1 is 1.33 bits per heavy atom. The monoisotopic (exact) mass is 369 g/mol. The summed E-state index contributed by atoms with van der Waals surface area (Å²) in [6.07, 6.45) is 1.61. The van der Waals surface area contributed by atoms with E-state index < -0.39 is 15.9 Å². The number of hydroxylamine groups is 1. The highest BCUT2D eigenvalue weighted by atomic mass is 35.5. The number of hydrogen-bond acceptors (Lipinski definition) is 5. The SMILES string of the molecule is CON(C)S(=O)(=O)c1ccc(Cl)c(C(=O)NCc2ccccn2)c1. The molecule has 0 bridgehead atoms. The molecule has 128 valence electrons. The quantitative estimate of drug-likeness (QED) is 0.785. The van der Waals surface area contributed by atoms with E-state index in [0.29, 0.717) is 10.2 Å². The van der Waals surface area contributed by atoms with Crippen molar-refractivity contribution < 1.29 is 18.0 Å². The van der Waals surface area contributed by atoms with E-state index >= 15 is 0 Å². The number of nitrogens with zero attached hydrogens (tertiary/aromatic N) is 2. The Bertz CT molecular complexity index is 828. The van der Waals surface area contributed by atoms with Gasteiger partial charge in [-0.3, -0.25) is 14.6 Å². The van der Waals surface area contributed by atoms with E-state index in [-0.39, 0.29) is 22.0 Å². The molecule has 2 aromatic rings. The number of aromatic nitrogens is 1. The first-order valence-electron chi connectivity index (χ1n) is 6.87. The van der Waals surface area contributed by atoms with Crippen LogP contribution in [0, 0.1) is 0 Å². The van der Waals surface area contributed by atoms with Crippen molar-refractivity contribution in [3.8, 4) is 0 Å². The first-order valence-corrected chi connectivity index (χ1v) is 8.68. The van der Waals surface area contributed by atoms with E-state index in [2.05, 4.69) is 10.3 Å². The van der Waals surface area contributed by atoms with Crippen LogP contribution >= 0.6 is 11.6 Å². The van der Waals surface area contributed by atoms with Gasteiger partial charge in [0.05, 0.1) is 34.8 Å². The van der Waals surface area contributed by atoms with Gasteiger partial charge in [-0.15, -0.1) is 0 Å². The first kappa shape index (κ1) is 18.3. The van der Waals surface area contributed by atoms with Crippen molar-refractivity contribution in [1.82, 2.24) is 14.8 Å². The second kappa shape index (κ2) is 7.71. The molecule has 7 nitrogen and oxygen atoms in total. The fourth-order valence-corrected chi connectivity index (χ4v) is 3.06. The van der Waals surface area contributed by atoms with Crippen molar-refractivity contribution in [3.63, 3.8) is 0 Å². The van der Waals surface area contributed by atoms with Crippen LogP contribution < -0.4 is 5.32 Å². The number of hydrogen-bond donors (Lipinski definition) is 1. The Kier molecular flexibility index (Phi) is 5.89. The van der Waals surface area contributed by atoms with Crippen LogP contribution in [0.3, 0.4) is 0 Å². The molecular formula is C15H16ClN3O4S. The van der Waals surface area contributed by atoms with Crippen LogP contribution in [0.2, 0.25) is 5.02 Å². The number of carbonyl (C=O) groups is 1. The lowest BCUT2D eigenvalue weighted by Gasteiger charge is -2.15. The Morgan fingerprint density at radius 2 is 2.08 bits per heavy atom. The van der Waals surface area contributed by atoms with Gasteiger partial charge < -0.3 is 5.32 Å². The maximum atomic E-state index is 12.3. The predicted octanol–water partition coefficient (Wildman–Crippen LogP) is 1.85. The van der Waals surface area contributed by atoms with Gasteiger partial charge in [0.15, 0.2) is 0 Å². The maximum absolute atomic E-state index is 12.3. The molecule has 9 heteroatoms. The van der Waals surface area contributed by atoms with Crippen LogP contribution in [0.15, 0.2) is 47.5 Å². The van der Waals surface area contributed by atoms with E-state index in [1.165, 1.54) is 32.4 Å². The van der Waals surface area contributed by atoms with Gasteiger partial charge in [0.1, 0.15) is 0 Å². The summed E-state index contributed by atoms with van der Waals surface area (Å²) in [6.45, 7) is 0.199. The second-order valence-electron chi connectivity index (χ2n) is 4.74. The summed E-state index contributed by atoms with van der Waals surface area (Å²) in [6, 6.07) is 9.20. The molecule has 0 aliphatic heterocycles. The fraction of sp³-hybridized carbons (Fsp3) is 0.200. The maximum Gasteiger partial charge on any atom is 0.264 e. The van der Waals surface area contributed by atoms with Crippen LogP contribution in [0.4, 0.5) is 0 Å². The standard InChI is InChI=1S/C15H16ClN3O4S/c1-19(23-2)24(21,22)12-6-7-14(16)13(9-12)15(20)18-10-11-5-3-4-8-17-11/h3-9H,10H2,1-2H3,(H,18,20). The van der Waals surface area contributed by atoms with Gasteiger partial charge in [0, 0.05) is 13.2 Å². The zero-order valence-electron chi connectivity index (χ0n) is 13.1. The van der Waals surface area contributed by atoms with Crippen molar-refractivity contribution in [2.24, 2.45) is 0 Å². The molecule has 0 saturated heterocycles. The molecule has 0 spiro atoms. The third kappa shape index (κ3) is 4.09. The molecule has 1 N–H and O–H groups in total. The number of carbonyl (C=O) groups excluding carboxylic acids is 1. The Morgan fingerprint density at radius 3 is 2.71 bits per heavy atom. The molecule has 0 fully saturated rings. The lowest BCUT2D eigenvalue weighted by atomic mass is 10.2. The Hall–Kier alpha value is -2.00. The first-order chi connectivity index (χ1) is 11.4. The lowest BCUT2D eigenvalue weighted by Crippen LogP contribution is -2.27. The molecule has 1 aromatic heterocycles. The summed E-state index contributed by atoms with van der Waals surface area (Å²) in [5.74, 6) is -0.497. The van der Waals surface area contributed by atoms with Gasteiger partial charge in [-0.05, 0) is 30.3 Å². The van der Waals surface area contributed by atoms with Crippen LogP contribution in [0.1, 0.15) is 16.1 Å². The molecule has 0 unspecified atom stereocenters. The van der Waals surface area contributed by atoms with Crippen LogP contribution in [0.25, 0.3) is 0 Å². The molecule has 1 amide bonds. The molecule has 0 aliphatic rings. The minimum Gasteiger partial charge on any atom is -0.346 e. The number of benzene rings is 1. The number of nitrogens with one attached hydrogen (secondary N) is 1. The number of amides is 1. The highest BCUT2D eigenvalue weighted by Crippen LogP contribution is 2.22. The summed E-state index contributed by atoms with van der Waals surface area (Å²) in [7, 11) is -1.38. The minimum absolute atomic E-state index is 0.0539. The van der Waals surface area contributed by atoms with E-state index in [4.69, 9.17) is 16.4 Å². The zero-order valence-corrected chi connectivity index (χ0v) is 14.6. The third-order valence-electron chi connectivity index (χ3n) is 3.23. The predicted molar refractivity (Wildman–Crippen MR) is 88.8 cm³/mol. The number of pyridine rings is 1. The van der Waals surface area contributed by atoms with Crippen LogP contribution in [-0.4, -0.2) is 37.9 Å². The van der Waals surface area contributed by atoms with Crippen molar-refractivity contribution in [2.75, 3.05) is 14.2 Å². The minimum atomic E-state index is -3.87. The fourth-order valence-electron chi connectivity index (χ4n) is 1.85. The smallest absolute Gasteiger partial charge is 0.264 e. The van der Waals surface area contributed by atoms with Crippen molar-refractivity contribution in [1.29, 1.82) is 0 Å². The van der Waals surface area contributed by atoms with Gasteiger partial charge in [-0.1, -0.05) is 22.1 Å². The number of halogens is 1. The van der Waals surface area contributed by atoms with Crippen LogP contribution in [-0.2, 0) is 21.4 Å². The zero-order chi connectivity index (χ0) is 17.7. The Labute approximate surface area is 145 Å². The van der Waals surface area contributed by atoms with Gasteiger partial charge in [-0.25, -0.2) is 8.42 Å². The van der Waals surface area contributed by atoms with Gasteiger partial charge in [0.25, 0.3) is 15.9 Å². The number of sulfonamides is 1. The largest absolute Gasteiger partial charge is 0.346 e. The molecular weight excluding hydrogens is 354 g/mol. The average molecular weight is 370 g/mol. The molecule has 0 saturated carbocycles. The van der Waals surface area contributed by atoms with Crippen molar-refractivity contribution >= 4 is 27.5 Å². The average Bonchev–Trinajstić information content (AvgIpc) is 2.60. The van der Waals surface area contributed by atoms with Crippen molar-refractivity contribution in [3.05, 3.63) is 58.9 Å². The molecule has 0 radical (unpaired) electrons. The normalized spacial score (nSPS) is 11.5. The van der Waals surface area contributed by atoms with Crippen molar-refractivity contribution in [2.45, 2.75) is 11.4 Å². The molecule has 0 aliphatic carbocycles. The molecule has 1 aromatic carbocycles. The van der Waals surface area contributed by atoms with Gasteiger partial charge >= 0.3 is 0 Å². The molecule has 2 rings (SSSR count). The van der Waals surface area contributed by atoms with E-state index in [9.17, 15) is 13.2 Å². The third-order valence-corrected chi connectivity index (χ3v) is 5.24. The number of rotatable bonds is 6. The van der Waals surface area contributed by atoms with Crippen LogP contribution in [0.5, 0.6) is 0 Å². The van der Waals surface area contributed by atoms with Gasteiger partial charge in [0.2, 0.25) is 0 Å². The highest BCUT2D eigenvalue weighted by Gasteiger charge is 2.23. The summed E-state index contributed by atoms with van der Waals surface area (Å²) in [4.78, 5) is 21.0. The molecule has 0 atom stereocenters. The lowest BCUT2D eigenvalue weighted by molar-refractivity contribution is -0.0258. The summed E-state index contributed by atoms with van der Waals surface area (Å²) >= 11 is 6.02. The molecule has 1 heterocycles. The second-order valence-corrected chi connectivity index (χ2v) is 7.09. The van der Waals surface area contributed by atoms with Gasteiger partial charge in [-0.2, -0.15) is 0 Å². The highest BCUT2D eigenvalue weighted by molar-refractivity contribution is 7.89. The van der Waals surface area contributed by atoms with E-state index in [1.54, 1.807) is 24.4 Å². The van der Waals surface area contributed by atoms with E-state index in [1.807, 2.05) is 0 Å². The van der Waals surface area contributed by atoms with E-state index in [0.717, 1.165) is 0 Å². The topological polar surface area (TPSA) is 88.6 Å². The summed E-state index contributed by atoms with van der Waals surface area (Å²) < 4.78 is 25.2. The summed E-state index contributed by atoms with van der Waals surface area (Å²) in [5, 5.41) is 2.80. The summed E-state index contributed by atoms with van der Waals surface area (Å²) in [5.41, 5.74) is 0.725. The Balaban J connectivity index is 2.24. The molecule has 24 heavy (non-hydrogen) atoms.